The van der Waals surface area contributed by atoms with E-state index >= 15 is 0 Å². The fourth-order valence-electron chi connectivity index (χ4n) is 2.73. The maximum atomic E-state index is 5.66. The highest BCUT2D eigenvalue weighted by molar-refractivity contribution is 5.48. The topological polar surface area (TPSA) is 21.3 Å². The van der Waals surface area contributed by atoms with Crippen LogP contribution in [0.2, 0.25) is 0 Å². The fourth-order valence-corrected chi connectivity index (χ4v) is 2.73. The van der Waals surface area contributed by atoms with Crippen molar-refractivity contribution in [1.82, 2.24) is 0 Å². The van der Waals surface area contributed by atoms with Crippen molar-refractivity contribution in [2.45, 2.75) is 52.0 Å². The van der Waals surface area contributed by atoms with Crippen molar-refractivity contribution >= 4 is 5.69 Å². The van der Waals surface area contributed by atoms with Gasteiger partial charge in [-0.1, -0.05) is 25.8 Å². The molecule has 1 aliphatic rings. The lowest BCUT2D eigenvalue weighted by atomic mass is 9.99. The second-order valence-corrected chi connectivity index (χ2v) is 5.35. The van der Waals surface area contributed by atoms with Gasteiger partial charge in [0.25, 0.3) is 0 Å². The van der Waals surface area contributed by atoms with E-state index in [-0.39, 0.29) is 0 Å². The van der Waals surface area contributed by atoms with E-state index in [0.29, 0.717) is 6.04 Å². The Morgan fingerprint density at radius 1 is 1.33 bits per heavy atom. The summed E-state index contributed by atoms with van der Waals surface area (Å²) in [4.78, 5) is 0. The SMILES string of the molecule is CCCOc1cccc(NC(C)C2CCCC2)c1. The summed E-state index contributed by atoms with van der Waals surface area (Å²) in [5.74, 6) is 1.81. The van der Waals surface area contributed by atoms with Crippen molar-refractivity contribution in [3.05, 3.63) is 24.3 Å². The molecule has 1 atom stereocenters. The third-order valence-corrected chi connectivity index (χ3v) is 3.81. The van der Waals surface area contributed by atoms with E-state index in [1.165, 1.54) is 31.4 Å². The highest BCUT2D eigenvalue weighted by Gasteiger charge is 2.21. The summed E-state index contributed by atoms with van der Waals surface area (Å²) in [6, 6.07) is 8.90. The van der Waals surface area contributed by atoms with E-state index in [1.807, 2.05) is 6.07 Å². The predicted molar refractivity (Wildman–Crippen MR) is 77.3 cm³/mol. The van der Waals surface area contributed by atoms with Gasteiger partial charge in [-0.2, -0.15) is 0 Å². The molecule has 1 fully saturated rings. The highest BCUT2D eigenvalue weighted by Crippen LogP contribution is 2.29. The molecular formula is C16H25NO. The number of ether oxygens (including phenoxy) is 1. The predicted octanol–water partition coefficient (Wildman–Crippen LogP) is 4.47. The maximum absolute atomic E-state index is 5.66. The van der Waals surface area contributed by atoms with E-state index in [0.717, 1.165) is 24.7 Å². The Labute approximate surface area is 111 Å². The summed E-state index contributed by atoms with van der Waals surface area (Å²) in [7, 11) is 0. The minimum Gasteiger partial charge on any atom is -0.494 e. The van der Waals surface area contributed by atoms with Crippen LogP contribution in [0.15, 0.2) is 24.3 Å². The van der Waals surface area contributed by atoms with Crippen LogP contribution in [0.3, 0.4) is 0 Å². The van der Waals surface area contributed by atoms with E-state index in [4.69, 9.17) is 4.74 Å². The van der Waals surface area contributed by atoms with Crippen molar-refractivity contribution in [2.24, 2.45) is 5.92 Å². The average molecular weight is 247 g/mol. The molecule has 1 unspecified atom stereocenters. The molecule has 100 valence electrons. The van der Waals surface area contributed by atoms with Crippen molar-refractivity contribution in [3.63, 3.8) is 0 Å². The Balaban J connectivity index is 1.91. The third-order valence-electron chi connectivity index (χ3n) is 3.81. The molecule has 2 nitrogen and oxygen atoms in total. The molecule has 0 spiro atoms. The molecule has 0 aromatic heterocycles. The molecule has 1 aromatic rings. The number of hydrogen-bond acceptors (Lipinski definition) is 2. The minimum absolute atomic E-state index is 0.564. The van der Waals surface area contributed by atoms with E-state index in [2.05, 4.69) is 37.4 Å². The van der Waals surface area contributed by atoms with Gasteiger partial charge in [-0.3, -0.25) is 0 Å². The third kappa shape index (κ3) is 3.66. The second-order valence-electron chi connectivity index (χ2n) is 5.35. The van der Waals surface area contributed by atoms with Gasteiger partial charge < -0.3 is 10.1 Å². The zero-order valence-corrected chi connectivity index (χ0v) is 11.6. The van der Waals surface area contributed by atoms with Crippen molar-refractivity contribution in [3.8, 4) is 5.75 Å². The van der Waals surface area contributed by atoms with Crippen LogP contribution in [0.25, 0.3) is 0 Å². The largest absolute Gasteiger partial charge is 0.494 e. The van der Waals surface area contributed by atoms with E-state index < -0.39 is 0 Å². The van der Waals surface area contributed by atoms with Gasteiger partial charge in [-0.15, -0.1) is 0 Å². The Bertz CT molecular complexity index is 358. The monoisotopic (exact) mass is 247 g/mol. The molecule has 1 saturated carbocycles. The first-order chi connectivity index (χ1) is 8.79. The van der Waals surface area contributed by atoms with E-state index in [9.17, 15) is 0 Å². The average Bonchev–Trinajstić information content (AvgIpc) is 2.91. The maximum Gasteiger partial charge on any atom is 0.121 e. The van der Waals surface area contributed by atoms with Gasteiger partial charge in [-0.25, -0.2) is 0 Å². The lowest BCUT2D eigenvalue weighted by Gasteiger charge is -2.21. The molecule has 0 heterocycles. The first-order valence-corrected chi connectivity index (χ1v) is 7.29. The Morgan fingerprint density at radius 3 is 2.83 bits per heavy atom. The van der Waals surface area contributed by atoms with Crippen LogP contribution in [0.4, 0.5) is 5.69 Å². The highest BCUT2D eigenvalue weighted by atomic mass is 16.5. The van der Waals surface area contributed by atoms with Crippen LogP contribution in [0.5, 0.6) is 5.75 Å². The molecule has 18 heavy (non-hydrogen) atoms. The van der Waals surface area contributed by atoms with Crippen LogP contribution in [-0.2, 0) is 0 Å². The van der Waals surface area contributed by atoms with E-state index in [1.54, 1.807) is 0 Å². The van der Waals surface area contributed by atoms with Crippen LogP contribution < -0.4 is 10.1 Å². The van der Waals surface area contributed by atoms with Gasteiger partial charge in [0.2, 0.25) is 0 Å². The van der Waals surface area contributed by atoms with Crippen molar-refractivity contribution in [1.29, 1.82) is 0 Å². The van der Waals surface area contributed by atoms with Gasteiger partial charge in [0.05, 0.1) is 6.61 Å². The molecule has 0 amide bonds. The summed E-state index contributed by atoms with van der Waals surface area (Å²) in [6.45, 7) is 5.22. The molecule has 1 aliphatic carbocycles. The zero-order chi connectivity index (χ0) is 12.8. The van der Waals surface area contributed by atoms with Crippen molar-refractivity contribution in [2.75, 3.05) is 11.9 Å². The molecule has 2 heteroatoms. The van der Waals surface area contributed by atoms with Crippen LogP contribution in [-0.4, -0.2) is 12.6 Å². The summed E-state index contributed by atoms with van der Waals surface area (Å²) in [6.07, 6.45) is 6.60. The second kappa shape index (κ2) is 6.67. The van der Waals surface area contributed by atoms with Gasteiger partial charge >= 0.3 is 0 Å². The number of rotatable bonds is 6. The molecule has 0 radical (unpaired) electrons. The first-order valence-electron chi connectivity index (χ1n) is 7.29. The zero-order valence-electron chi connectivity index (χ0n) is 11.6. The Morgan fingerprint density at radius 2 is 2.11 bits per heavy atom. The number of anilines is 1. The molecule has 0 aliphatic heterocycles. The molecule has 1 N–H and O–H groups in total. The van der Waals surface area contributed by atoms with Crippen LogP contribution in [0.1, 0.15) is 46.0 Å². The molecular weight excluding hydrogens is 222 g/mol. The van der Waals surface area contributed by atoms with Gasteiger partial charge in [0.1, 0.15) is 5.75 Å². The van der Waals surface area contributed by atoms with Gasteiger partial charge in [0.15, 0.2) is 0 Å². The number of nitrogens with one attached hydrogen (secondary N) is 1. The minimum atomic E-state index is 0.564. The lowest BCUT2D eigenvalue weighted by Crippen LogP contribution is -2.23. The summed E-state index contributed by atoms with van der Waals surface area (Å²) in [5, 5.41) is 3.62. The Kier molecular flexibility index (Phi) is 4.91. The molecule has 0 bridgehead atoms. The summed E-state index contributed by atoms with van der Waals surface area (Å²) >= 11 is 0. The lowest BCUT2D eigenvalue weighted by molar-refractivity contribution is 0.317. The Hall–Kier alpha value is -1.18. The van der Waals surface area contributed by atoms with Gasteiger partial charge in [-0.05, 0) is 44.2 Å². The standard InChI is InChI=1S/C16H25NO/c1-3-11-18-16-10-6-9-15(12-16)17-13(2)14-7-4-5-8-14/h6,9-10,12-14,17H,3-5,7-8,11H2,1-2H3. The first kappa shape index (κ1) is 13.3. The molecule has 0 saturated heterocycles. The summed E-state index contributed by atoms with van der Waals surface area (Å²) in [5.41, 5.74) is 1.18. The number of hydrogen-bond donors (Lipinski definition) is 1. The quantitative estimate of drug-likeness (QED) is 0.801. The van der Waals surface area contributed by atoms with Gasteiger partial charge in [0, 0.05) is 17.8 Å². The van der Waals surface area contributed by atoms with Crippen molar-refractivity contribution < 1.29 is 4.74 Å². The molecule has 2 rings (SSSR count). The molecule has 1 aromatic carbocycles. The summed E-state index contributed by atoms with van der Waals surface area (Å²) < 4.78 is 5.66. The number of benzene rings is 1. The fraction of sp³-hybridized carbons (Fsp3) is 0.625. The smallest absolute Gasteiger partial charge is 0.121 e. The van der Waals surface area contributed by atoms with Crippen LogP contribution >= 0.6 is 0 Å². The normalized spacial score (nSPS) is 17.7. The van der Waals surface area contributed by atoms with Crippen LogP contribution in [0, 0.1) is 5.92 Å².